The van der Waals surface area contributed by atoms with E-state index in [2.05, 4.69) is 22.4 Å². The molecule has 0 bridgehead atoms. The second-order valence-corrected chi connectivity index (χ2v) is 7.51. The van der Waals surface area contributed by atoms with Gasteiger partial charge in [0, 0.05) is 25.9 Å². The van der Waals surface area contributed by atoms with Crippen molar-refractivity contribution in [1.29, 1.82) is 0 Å². The van der Waals surface area contributed by atoms with E-state index < -0.39 is 6.04 Å². The third-order valence-electron chi connectivity index (χ3n) is 5.19. The Labute approximate surface area is 186 Å². The van der Waals surface area contributed by atoms with Gasteiger partial charge >= 0.3 is 0 Å². The first-order valence-corrected chi connectivity index (χ1v) is 10.4. The molecular weight excluding hydrogens is 405 g/mol. The summed E-state index contributed by atoms with van der Waals surface area (Å²) in [6.07, 6.45) is 4.17. The topological polar surface area (TPSA) is 56.2 Å². The number of aromatic nitrogens is 2. The monoisotopic (exact) mass is 429 g/mol. The molecule has 1 N–H and O–H groups in total. The maximum Gasteiger partial charge on any atom is 0.258 e. The highest BCUT2D eigenvalue weighted by Gasteiger charge is 2.21. The lowest BCUT2D eigenvalue weighted by Crippen LogP contribution is -2.34. The largest absolute Gasteiger partial charge is 0.483 e. The molecule has 5 nitrogen and oxygen atoms in total. The lowest BCUT2D eigenvalue weighted by molar-refractivity contribution is -0.123. The summed E-state index contributed by atoms with van der Waals surface area (Å²) in [5.74, 6) is 0.685. The Morgan fingerprint density at radius 2 is 1.75 bits per heavy atom. The van der Waals surface area contributed by atoms with Crippen LogP contribution in [0.2, 0.25) is 0 Å². The van der Waals surface area contributed by atoms with Gasteiger partial charge in [0.1, 0.15) is 23.4 Å². The molecule has 1 atom stereocenters. The van der Waals surface area contributed by atoms with Crippen molar-refractivity contribution in [1.82, 2.24) is 14.9 Å². The highest BCUT2D eigenvalue weighted by Crippen LogP contribution is 2.23. The summed E-state index contributed by atoms with van der Waals surface area (Å²) >= 11 is 0. The van der Waals surface area contributed by atoms with E-state index in [9.17, 15) is 9.18 Å². The lowest BCUT2D eigenvalue weighted by Gasteiger charge is -2.20. The van der Waals surface area contributed by atoms with Crippen LogP contribution >= 0.6 is 0 Å². The number of amides is 1. The maximum atomic E-state index is 13.4. The van der Waals surface area contributed by atoms with Gasteiger partial charge < -0.3 is 14.6 Å². The van der Waals surface area contributed by atoms with Crippen molar-refractivity contribution < 1.29 is 13.9 Å². The van der Waals surface area contributed by atoms with Crippen molar-refractivity contribution in [2.24, 2.45) is 7.05 Å². The zero-order valence-corrected chi connectivity index (χ0v) is 17.7. The van der Waals surface area contributed by atoms with Crippen LogP contribution in [-0.4, -0.2) is 22.1 Å². The first-order valence-electron chi connectivity index (χ1n) is 10.4. The molecule has 0 fully saturated rings. The summed E-state index contributed by atoms with van der Waals surface area (Å²) in [4.78, 5) is 17.2. The standard InChI is InChI=1S/C26H24FN3O2/c1-30-16-15-28-26(30)25(20-11-13-22(27)14-12-20)29-24(31)18-32-23-10-6-5-9-21(23)17-19-7-3-2-4-8-19/h2-16,25H,17-18H2,1H3,(H,29,31). The second-order valence-electron chi connectivity index (χ2n) is 7.51. The van der Waals surface area contributed by atoms with Crippen LogP contribution in [0, 0.1) is 5.82 Å². The molecule has 32 heavy (non-hydrogen) atoms. The zero-order valence-electron chi connectivity index (χ0n) is 17.7. The molecule has 0 aliphatic carbocycles. The average Bonchev–Trinajstić information content (AvgIpc) is 3.24. The van der Waals surface area contributed by atoms with E-state index in [1.165, 1.54) is 17.7 Å². The Morgan fingerprint density at radius 3 is 2.47 bits per heavy atom. The predicted octanol–water partition coefficient (Wildman–Crippen LogP) is 4.43. The predicted molar refractivity (Wildman–Crippen MR) is 121 cm³/mol. The number of imidazole rings is 1. The minimum Gasteiger partial charge on any atom is -0.483 e. The first kappa shape index (κ1) is 21.3. The highest BCUT2D eigenvalue weighted by atomic mass is 19.1. The summed E-state index contributed by atoms with van der Waals surface area (Å²) in [5, 5.41) is 2.97. The van der Waals surface area contributed by atoms with Gasteiger partial charge in [0.05, 0.1) is 0 Å². The van der Waals surface area contributed by atoms with E-state index in [1.807, 2.05) is 54.1 Å². The van der Waals surface area contributed by atoms with E-state index in [0.717, 1.165) is 11.1 Å². The molecule has 162 valence electrons. The molecule has 0 aliphatic rings. The zero-order chi connectivity index (χ0) is 22.3. The van der Waals surface area contributed by atoms with Crippen molar-refractivity contribution in [2.45, 2.75) is 12.5 Å². The summed E-state index contributed by atoms with van der Waals surface area (Å²) in [5.41, 5.74) is 2.91. The second kappa shape index (κ2) is 9.92. The van der Waals surface area contributed by atoms with Crippen molar-refractivity contribution >= 4 is 5.91 Å². The van der Waals surface area contributed by atoms with Crippen LogP contribution < -0.4 is 10.1 Å². The van der Waals surface area contributed by atoms with E-state index >= 15 is 0 Å². The molecule has 1 heterocycles. The van der Waals surface area contributed by atoms with Gasteiger partial charge in [-0.05, 0) is 34.9 Å². The van der Waals surface area contributed by atoms with Crippen molar-refractivity contribution in [2.75, 3.05) is 6.61 Å². The third kappa shape index (κ3) is 5.21. The molecule has 6 heteroatoms. The molecule has 1 unspecified atom stereocenters. The molecule has 0 spiro atoms. The highest BCUT2D eigenvalue weighted by molar-refractivity contribution is 5.78. The van der Waals surface area contributed by atoms with Crippen molar-refractivity contribution in [3.8, 4) is 5.75 Å². The number of aryl methyl sites for hydroxylation is 1. The van der Waals surface area contributed by atoms with Gasteiger partial charge in [0.2, 0.25) is 0 Å². The number of carbonyl (C=O) groups is 1. The Balaban J connectivity index is 1.47. The number of ether oxygens (including phenoxy) is 1. The Kier molecular flexibility index (Phi) is 6.60. The van der Waals surface area contributed by atoms with E-state index in [-0.39, 0.29) is 18.3 Å². The lowest BCUT2D eigenvalue weighted by atomic mass is 10.0. The fourth-order valence-electron chi connectivity index (χ4n) is 3.56. The summed E-state index contributed by atoms with van der Waals surface area (Å²) in [6.45, 7) is -0.145. The number of hydrogen-bond acceptors (Lipinski definition) is 3. The molecule has 0 aliphatic heterocycles. The first-order chi connectivity index (χ1) is 15.6. The van der Waals surface area contributed by atoms with E-state index in [4.69, 9.17) is 4.74 Å². The molecule has 1 aromatic heterocycles. The number of halogens is 1. The van der Waals surface area contributed by atoms with Crippen LogP contribution in [0.25, 0.3) is 0 Å². The smallest absolute Gasteiger partial charge is 0.258 e. The fourth-order valence-corrected chi connectivity index (χ4v) is 3.56. The van der Waals surface area contributed by atoms with Gasteiger partial charge in [0.25, 0.3) is 5.91 Å². The van der Waals surface area contributed by atoms with Crippen molar-refractivity contribution in [3.05, 3.63) is 120 Å². The maximum absolute atomic E-state index is 13.4. The van der Waals surface area contributed by atoms with E-state index in [0.29, 0.717) is 18.0 Å². The SMILES string of the molecule is Cn1ccnc1C(NC(=O)COc1ccccc1Cc1ccccc1)c1ccc(F)cc1. The fraction of sp³-hybridized carbons (Fsp3) is 0.154. The molecule has 0 saturated carbocycles. The third-order valence-corrected chi connectivity index (χ3v) is 5.19. The van der Waals surface area contributed by atoms with Gasteiger partial charge in [0.15, 0.2) is 6.61 Å². The molecule has 4 aromatic rings. The Bertz CT molecular complexity index is 1170. The Hall–Kier alpha value is -3.93. The molecule has 0 saturated heterocycles. The molecule has 1 amide bonds. The number of para-hydroxylation sites is 1. The summed E-state index contributed by atoms with van der Waals surface area (Å²) < 4.78 is 21.1. The minimum atomic E-state index is -0.522. The van der Waals surface area contributed by atoms with Gasteiger partial charge in [-0.3, -0.25) is 4.79 Å². The van der Waals surface area contributed by atoms with E-state index in [1.54, 1.807) is 24.5 Å². The molecular formula is C26H24FN3O2. The summed E-state index contributed by atoms with van der Waals surface area (Å²) in [7, 11) is 1.85. The van der Waals surface area contributed by atoms with Gasteiger partial charge in [-0.15, -0.1) is 0 Å². The van der Waals surface area contributed by atoms with Gasteiger partial charge in [-0.2, -0.15) is 0 Å². The molecule has 4 rings (SSSR count). The number of nitrogens with zero attached hydrogens (tertiary/aromatic N) is 2. The van der Waals surface area contributed by atoms with Crippen LogP contribution in [-0.2, 0) is 18.3 Å². The minimum absolute atomic E-state index is 0.145. The quantitative estimate of drug-likeness (QED) is 0.451. The number of hydrogen-bond donors (Lipinski definition) is 1. The van der Waals surface area contributed by atoms with Crippen molar-refractivity contribution in [3.63, 3.8) is 0 Å². The molecule has 0 radical (unpaired) electrons. The van der Waals surface area contributed by atoms with Crippen LogP contribution in [0.15, 0.2) is 91.3 Å². The number of rotatable bonds is 8. The normalized spacial score (nSPS) is 11.7. The summed E-state index contributed by atoms with van der Waals surface area (Å²) in [6, 6.07) is 23.3. The average molecular weight is 429 g/mol. The van der Waals surface area contributed by atoms with Crippen LogP contribution in [0.4, 0.5) is 4.39 Å². The van der Waals surface area contributed by atoms with Crippen LogP contribution in [0.5, 0.6) is 5.75 Å². The van der Waals surface area contributed by atoms with Gasteiger partial charge in [-0.25, -0.2) is 9.37 Å². The number of carbonyl (C=O) groups excluding carboxylic acids is 1. The van der Waals surface area contributed by atoms with Crippen LogP contribution in [0.3, 0.4) is 0 Å². The molecule has 3 aromatic carbocycles. The van der Waals surface area contributed by atoms with Crippen LogP contribution in [0.1, 0.15) is 28.6 Å². The number of benzene rings is 3. The number of nitrogens with one attached hydrogen (secondary N) is 1. The van der Waals surface area contributed by atoms with Gasteiger partial charge in [-0.1, -0.05) is 60.7 Å². The Morgan fingerprint density at radius 1 is 1.03 bits per heavy atom.